The summed E-state index contributed by atoms with van der Waals surface area (Å²) in [6.45, 7) is 0. The number of aromatic hydroxyl groups is 1. The molecule has 2 aromatic heterocycles. The second kappa shape index (κ2) is 2.55. The highest BCUT2D eigenvalue weighted by Crippen LogP contribution is 2.24. The van der Waals surface area contributed by atoms with E-state index < -0.39 is 0 Å². The summed E-state index contributed by atoms with van der Waals surface area (Å²) in [6.07, 6.45) is 1.45. The Morgan fingerprint density at radius 3 is 2.85 bits per heavy atom. The van der Waals surface area contributed by atoms with Gasteiger partial charge in [0.25, 0.3) is 5.56 Å². The number of rotatable bonds is 1. The van der Waals surface area contributed by atoms with Crippen molar-refractivity contribution in [1.29, 1.82) is 0 Å². The lowest BCUT2D eigenvalue weighted by atomic mass is 10.2. The van der Waals surface area contributed by atoms with Crippen LogP contribution in [0.3, 0.4) is 0 Å². The number of hydrogen-bond acceptors (Lipinski definition) is 3. The maximum absolute atomic E-state index is 11.3. The predicted molar refractivity (Wildman–Crippen MR) is 45.4 cm³/mol. The Morgan fingerprint density at radius 2 is 2.38 bits per heavy atom. The van der Waals surface area contributed by atoms with Gasteiger partial charge in [0.15, 0.2) is 0 Å². The molecule has 2 rings (SSSR count). The van der Waals surface area contributed by atoms with Gasteiger partial charge in [-0.05, 0) is 12.1 Å². The molecule has 0 aliphatic heterocycles. The Kier molecular flexibility index (Phi) is 1.51. The van der Waals surface area contributed by atoms with Crippen LogP contribution in [0.25, 0.3) is 11.3 Å². The Balaban J connectivity index is 2.71. The molecule has 2 heterocycles. The van der Waals surface area contributed by atoms with Crippen LogP contribution in [0.4, 0.5) is 0 Å². The molecule has 0 bridgehead atoms. The van der Waals surface area contributed by atoms with Gasteiger partial charge in [-0.2, -0.15) is 0 Å². The molecule has 5 nitrogen and oxygen atoms in total. The number of aromatic amines is 1. The van der Waals surface area contributed by atoms with Crippen molar-refractivity contribution in [2.75, 3.05) is 0 Å². The molecule has 0 saturated carbocycles. The van der Waals surface area contributed by atoms with Crippen molar-refractivity contribution in [3.63, 3.8) is 0 Å². The first kappa shape index (κ1) is 7.72. The van der Waals surface area contributed by atoms with E-state index in [-0.39, 0.29) is 17.0 Å². The van der Waals surface area contributed by atoms with E-state index in [0.717, 1.165) is 0 Å². The monoisotopic (exact) mass is 180 g/mol. The minimum absolute atomic E-state index is 0.125. The van der Waals surface area contributed by atoms with Gasteiger partial charge in [-0.3, -0.25) is 14.6 Å². The Morgan fingerprint density at radius 1 is 1.62 bits per heavy atom. The van der Waals surface area contributed by atoms with Crippen molar-refractivity contribution >= 4 is 0 Å². The van der Waals surface area contributed by atoms with Gasteiger partial charge < -0.3 is 9.52 Å². The van der Waals surface area contributed by atoms with Gasteiger partial charge in [-0.25, -0.2) is 0 Å². The Labute approximate surface area is 73.2 Å². The van der Waals surface area contributed by atoms with Crippen LogP contribution < -0.4 is 5.56 Å². The fourth-order valence-electron chi connectivity index (χ4n) is 1.17. The van der Waals surface area contributed by atoms with E-state index in [1.54, 1.807) is 19.2 Å². The summed E-state index contributed by atoms with van der Waals surface area (Å²) in [5.74, 6) is 0.235. The zero-order chi connectivity index (χ0) is 9.42. The highest BCUT2D eigenvalue weighted by Gasteiger charge is 2.15. The first-order valence-corrected chi connectivity index (χ1v) is 3.72. The van der Waals surface area contributed by atoms with Crippen molar-refractivity contribution in [3.05, 3.63) is 28.7 Å². The van der Waals surface area contributed by atoms with Gasteiger partial charge >= 0.3 is 0 Å². The highest BCUT2D eigenvalue weighted by atomic mass is 16.3. The quantitative estimate of drug-likeness (QED) is 0.677. The second-order valence-corrected chi connectivity index (χ2v) is 2.68. The predicted octanol–water partition coefficient (Wildman–Crippen LogP) is 0.679. The molecule has 13 heavy (non-hydrogen) atoms. The number of aryl methyl sites for hydroxylation is 1. The Bertz CT molecular complexity index is 464. The van der Waals surface area contributed by atoms with Crippen LogP contribution in [0, 0.1) is 0 Å². The summed E-state index contributed by atoms with van der Waals surface area (Å²) in [5, 5.41) is 11.9. The maximum Gasteiger partial charge on any atom is 0.279 e. The van der Waals surface area contributed by atoms with Crippen molar-refractivity contribution in [2.45, 2.75) is 0 Å². The van der Waals surface area contributed by atoms with Crippen LogP contribution in [0.5, 0.6) is 5.88 Å². The normalized spacial score (nSPS) is 10.5. The first-order chi connectivity index (χ1) is 6.20. The topological polar surface area (TPSA) is 71.2 Å². The van der Waals surface area contributed by atoms with E-state index in [9.17, 15) is 9.90 Å². The van der Waals surface area contributed by atoms with E-state index in [0.29, 0.717) is 5.76 Å². The molecule has 0 aliphatic carbocycles. The van der Waals surface area contributed by atoms with Gasteiger partial charge in [0.05, 0.1) is 6.26 Å². The molecule has 0 unspecified atom stereocenters. The molecule has 0 spiro atoms. The zero-order valence-electron chi connectivity index (χ0n) is 6.94. The molecule has 0 saturated heterocycles. The van der Waals surface area contributed by atoms with Crippen molar-refractivity contribution in [1.82, 2.24) is 9.78 Å². The molecule has 2 N–H and O–H groups in total. The van der Waals surface area contributed by atoms with Gasteiger partial charge in [0.2, 0.25) is 5.88 Å². The Hall–Kier alpha value is -1.91. The van der Waals surface area contributed by atoms with Gasteiger partial charge in [-0.15, -0.1) is 0 Å². The number of furan rings is 1. The molecule has 68 valence electrons. The smallest absolute Gasteiger partial charge is 0.279 e. The zero-order valence-corrected chi connectivity index (χ0v) is 6.94. The number of H-pyrrole nitrogens is 1. The SMILES string of the molecule is Cn1[nH]c(=O)c(-c2ccco2)c1O. The highest BCUT2D eigenvalue weighted by molar-refractivity contribution is 5.61. The van der Waals surface area contributed by atoms with Gasteiger partial charge in [0.1, 0.15) is 11.3 Å². The van der Waals surface area contributed by atoms with Crippen molar-refractivity contribution in [3.8, 4) is 17.2 Å². The van der Waals surface area contributed by atoms with Crippen molar-refractivity contribution in [2.24, 2.45) is 7.05 Å². The summed E-state index contributed by atoms with van der Waals surface area (Å²) in [6, 6.07) is 3.27. The standard InChI is InChI=1S/C8H8N2O3/c1-10-8(12)6(7(11)9-10)5-3-2-4-13-5/h2-4,12H,1H3,(H,9,11). The first-order valence-electron chi connectivity index (χ1n) is 3.72. The summed E-state index contributed by atoms with van der Waals surface area (Å²) in [7, 11) is 1.54. The molecule has 0 radical (unpaired) electrons. The van der Waals surface area contributed by atoms with E-state index in [1.165, 1.54) is 10.9 Å². The molecular weight excluding hydrogens is 172 g/mol. The minimum atomic E-state index is -0.366. The molecular formula is C8H8N2O3. The third kappa shape index (κ3) is 1.05. The van der Waals surface area contributed by atoms with E-state index >= 15 is 0 Å². The average Bonchev–Trinajstić information content (AvgIpc) is 2.63. The minimum Gasteiger partial charge on any atom is -0.493 e. The summed E-state index contributed by atoms with van der Waals surface area (Å²) >= 11 is 0. The second-order valence-electron chi connectivity index (χ2n) is 2.68. The van der Waals surface area contributed by atoms with Gasteiger partial charge in [0, 0.05) is 7.05 Å². The lowest BCUT2D eigenvalue weighted by Gasteiger charge is -1.93. The largest absolute Gasteiger partial charge is 0.493 e. The summed E-state index contributed by atoms with van der Waals surface area (Å²) < 4.78 is 6.24. The molecule has 0 aromatic carbocycles. The average molecular weight is 180 g/mol. The number of nitrogens with one attached hydrogen (secondary N) is 1. The van der Waals surface area contributed by atoms with Crippen LogP contribution in [-0.4, -0.2) is 14.9 Å². The molecule has 0 fully saturated rings. The van der Waals surface area contributed by atoms with Gasteiger partial charge in [-0.1, -0.05) is 0 Å². The lowest BCUT2D eigenvalue weighted by Crippen LogP contribution is -2.03. The van der Waals surface area contributed by atoms with E-state index in [1.807, 2.05) is 0 Å². The van der Waals surface area contributed by atoms with Crippen molar-refractivity contribution < 1.29 is 9.52 Å². The molecule has 2 aromatic rings. The maximum atomic E-state index is 11.3. The summed E-state index contributed by atoms with van der Waals surface area (Å²) in [5.41, 5.74) is -0.206. The fourth-order valence-corrected chi connectivity index (χ4v) is 1.17. The molecule has 5 heteroatoms. The number of nitrogens with zero attached hydrogens (tertiary/aromatic N) is 1. The molecule has 0 aliphatic rings. The summed E-state index contributed by atoms with van der Waals surface area (Å²) in [4.78, 5) is 11.3. The lowest BCUT2D eigenvalue weighted by molar-refractivity contribution is 0.419. The molecule has 0 amide bonds. The van der Waals surface area contributed by atoms with Crippen LogP contribution in [0.2, 0.25) is 0 Å². The van der Waals surface area contributed by atoms with E-state index in [2.05, 4.69) is 5.10 Å². The van der Waals surface area contributed by atoms with Crippen LogP contribution in [-0.2, 0) is 7.05 Å². The van der Waals surface area contributed by atoms with Crippen LogP contribution in [0.15, 0.2) is 27.6 Å². The number of aromatic nitrogens is 2. The van der Waals surface area contributed by atoms with Crippen LogP contribution in [0.1, 0.15) is 0 Å². The third-order valence-electron chi connectivity index (χ3n) is 1.81. The van der Waals surface area contributed by atoms with Crippen LogP contribution >= 0.6 is 0 Å². The fraction of sp³-hybridized carbons (Fsp3) is 0.125. The number of hydrogen-bond donors (Lipinski definition) is 2. The molecule has 0 atom stereocenters. The van der Waals surface area contributed by atoms with E-state index in [4.69, 9.17) is 4.42 Å². The third-order valence-corrected chi connectivity index (χ3v) is 1.81.